The molecule has 20 heavy (non-hydrogen) atoms. The molecule has 0 fully saturated rings. The van der Waals surface area contributed by atoms with Gasteiger partial charge in [0.15, 0.2) is 0 Å². The molecule has 0 unspecified atom stereocenters. The molecule has 0 aliphatic heterocycles. The molecular weight excluding hydrogens is 242 g/mol. The van der Waals surface area contributed by atoms with Gasteiger partial charge in [0.05, 0.1) is 0 Å². The van der Waals surface area contributed by atoms with E-state index < -0.39 is 0 Å². The van der Waals surface area contributed by atoms with Gasteiger partial charge in [-0.3, -0.25) is 0 Å². The standard InChI is InChI=1S/C8H16.C7H15N.2C2H6/c1-5-6-7-8(2,3)4;1-5-7(2,3)6-8-4;2*1-2/h6-7H,5H2,1-4H3;6H,5H2,1-4H3;2*1-2H3/b7-6-;;;. The summed E-state index contributed by atoms with van der Waals surface area (Å²) in [5.74, 6) is 0. The molecule has 0 N–H and O–H groups in total. The maximum absolute atomic E-state index is 3.95. The van der Waals surface area contributed by atoms with Crippen LogP contribution >= 0.6 is 0 Å². The van der Waals surface area contributed by atoms with E-state index in [0.29, 0.717) is 10.8 Å². The molecular formula is C19H43N. The van der Waals surface area contributed by atoms with Crippen LogP contribution in [0.2, 0.25) is 0 Å². The van der Waals surface area contributed by atoms with Gasteiger partial charge in [0, 0.05) is 13.3 Å². The number of hydrogen-bond acceptors (Lipinski definition) is 1. The molecule has 124 valence electrons. The number of rotatable bonds is 3. The van der Waals surface area contributed by atoms with E-state index in [0.717, 1.165) is 12.8 Å². The van der Waals surface area contributed by atoms with Crippen molar-refractivity contribution in [1.82, 2.24) is 0 Å². The Balaban J connectivity index is -0.000000102. The van der Waals surface area contributed by atoms with E-state index in [2.05, 4.69) is 65.6 Å². The van der Waals surface area contributed by atoms with Crippen molar-refractivity contribution >= 4 is 6.21 Å². The van der Waals surface area contributed by atoms with Crippen molar-refractivity contribution in [3.05, 3.63) is 12.2 Å². The molecule has 0 aromatic carbocycles. The number of allylic oxidation sites excluding steroid dienone is 2. The summed E-state index contributed by atoms with van der Waals surface area (Å²) in [7, 11) is 1.82. The molecule has 1 heteroatoms. The maximum Gasteiger partial charge on any atom is 0.0273 e. The molecule has 0 amide bonds. The summed E-state index contributed by atoms with van der Waals surface area (Å²) in [4.78, 5) is 3.95. The lowest BCUT2D eigenvalue weighted by molar-refractivity contribution is 0.515. The molecule has 0 atom stereocenters. The predicted octanol–water partition coefficient (Wildman–Crippen LogP) is 7.17. The monoisotopic (exact) mass is 285 g/mol. The zero-order valence-electron chi connectivity index (χ0n) is 16.6. The largest absolute Gasteiger partial charge is 0.300 e. The smallest absolute Gasteiger partial charge is 0.0273 e. The van der Waals surface area contributed by atoms with Gasteiger partial charge in [-0.15, -0.1) is 0 Å². The Hall–Kier alpha value is -0.590. The lowest BCUT2D eigenvalue weighted by Gasteiger charge is -2.14. The zero-order chi connectivity index (χ0) is 17.2. The van der Waals surface area contributed by atoms with Crippen LogP contribution in [0, 0.1) is 10.8 Å². The third-order valence-electron chi connectivity index (χ3n) is 2.24. The van der Waals surface area contributed by atoms with Gasteiger partial charge in [0.25, 0.3) is 0 Å². The van der Waals surface area contributed by atoms with Crippen LogP contribution in [-0.4, -0.2) is 13.3 Å². The third kappa shape index (κ3) is 36.0. The van der Waals surface area contributed by atoms with Gasteiger partial charge in [-0.1, -0.05) is 88.3 Å². The van der Waals surface area contributed by atoms with Gasteiger partial charge in [-0.2, -0.15) is 0 Å². The molecule has 0 rings (SSSR count). The van der Waals surface area contributed by atoms with E-state index in [4.69, 9.17) is 0 Å². The minimum atomic E-state index is 0.300. The fourth-order valence-corrected chi connectivity index (χ4v) is 0.912. The molecule has 0 spiro atoms. The van der Waals surface area contributed by atoms with E-state index in [1.165, 1.54) is 0 Å². The lowest BCUT2D eigenvalue weighted by atomic mass is 9.92. The minimum absolute atomic E-state index is 0.300. The van der Waals surface area contributed by atoms with E-state index in [-0.39, 0.29) is 0 Å². The van der Waals surface area contributed by atoms with Crippen molar-refractivity contribution in [2.24, 2.45) is 15.8 Å². The molecule has 0 aromatic heterocycles. The van der Waals surface area contributed by atoms with E-state index in [1.807, 2.05) is 41.0 Å². The summed E-state index contributed by atoms with van der Waals surface area (Å²) >= 11 is 0. The van der Waals surface area contributed by atoms with Gasteiger partial charge < -0.3 is 4.99 Å². The van der Waals surface area contributed by atoms with Crippen LogP contribution in [0.5, 0.6) is 0 Å². The third-order valence-corrected chi connectivity index (χ3v) is 2.24. The molecule has 0 heterocycles. The number of hydrogen-bond donors (Lipinski definition) is 0. The summed E-state index contributed by atoms with van der Waals surface area (Å²) in [5, 5.41) is 0. The van der Waals surface area contributed by atoms with Crippen molar-refractivity contribution < 1.29 is 0 Å². The molecule has 1 nitrogen and oxygen atoms in total. The lowest BCUT2D eigenvalue weighted by Crippen LogP contribution is -2.10. The second kappa shape index (κ2) is 18.4. The first-order valence-corrected chi connectivity index (χ1v) is 8.29. The quantitative estimate of drug-likeness (QED) is 0.385. The Morgan fingerprint density at radius 1 is 0.850 bits per heavy atom. The van der Waals surface area contributed by atoms with Crippen molar-refractivity contribution in [2.75, 3.05) is 7.05 Å². The molecule has 0 saturated heterocycles. The molecule has 0 aliphatic carbocycles. The van der Waals surface area contributed by atoms with Crippen LogP contribution in [-0.2, 0) is 0 Å². The van der Waals surface area contributed by atoms with Crippen molar-refractivity contribution in [2.45, 2.75) is 89.0 Å². The van der Waals surface area contributed by atoms with Gasteiger partial charge in [-0.05, 0) is 23.7 Å². The minimum Gasteiger partial charge on any atom is -0.300 e. The second-order valence-corrected chi connectivity index (χ2v) is 5.91. The zero-order valence-corrected chi connectivity index (χ0v) is 16.6. The van der Waals surface area contributed by atoms with Gasteiger partial charge in [0.1, 0.15) is 0 Å². The first kappa shape index (κ1) is 27.7. The van der Waals surface area contributed by atoms with Gasteiger partial charge in [0.2, 0.25) is 0 Å². The summed E-state index contributed by atoms with van der Waals surface area (Å²) in [6, 6.07) is 0. The maximum atomic E-state index is 3.95. The van der Waals surface area contributed by atoms with Crippen molar-refractivity contribution in [3.63, 3.8) is 0 Å². The van der Waals surface area contributed by atoms with Crippen LogP contribution in [0.4, 0.5) is 0 Å². The number of aliphatic imine (C=N–C) groups is 1. The Kier molecular flexibility index (Phi) is 25.5. The predicted molar refractivity (Wildman–Crippen MR) is 100 cm³/mol. The van der Waals surface area contributed by atoms with E-state index in [9.17, 15) is 0 Å². The summed E-state index contributed by atoms with van der Waals surface area (Å²) in [5.41, 5.74) is 0.671. The van der Waals surface area contributed by atoms with E-state index >= 15 is 0 Å². The Morgan fingerprint density at radius 2 is 1.25 bits per heavy atom. The average molecular weight is 286 g/mol. The molecule has 0 aromatic rings. The van der Waals surface area contributed by atoms with Crippen LogP contribution < -0.4 is 0 Å². The van der Waals surface area contributed by atoms with Gasteiger partial charge in [-0.25, -0.2) is 0 Å². The highest BCUT2D eigenvalue weighted by Crippen LogP contribution is 2.15. The van der Waals surface area contributed by atoms with Crippen molar-refractivity contribution in [3.8, 4) is 0 Å². The molecule has 0 radical (unpaired) electrons. The fourth-order valence-electron chi connectivity index (χ4n) is 0.912. The van der Waals surface area contributed by atoms with Crippen LogP contribution in [0.15, 0.2) is 17.1 Å². The summed E-state index contributed by atoms with van der Waals surface area (Å²) in [6.07, 6.45) is 8.75. The second-order valence-electron chi connectivity index (χ2n) is 5.91. The normalized spacial score (nSPS) is 11.0. The average Bonchev–Trinajstić information content (AvgIpc) is 2.41. The first-order valence-electron chi connectivity index (χ1n) is 8.29. The van der Waals surface area contributed by atoms with Crippen LogP contribution in [0.3, 0.4) is 0 Å². The Morgan fingerprint density at radius 3 is 1.35 bits per heavy atom. The van der Waals surface area contributed by atoms with Gasteiger partial charge >= 0.3 is 0 Å². The fraction of sp³-hybridized carbons (Fsp3) is 0.842. The Labute approximate surface area is 131 Å². The summed E-state index contributed by atoms with van der Waals surface area (Å²) < 4.78 is 0. The molecule has 0 saturated carbocycles. The van der Waals surface area contributed by atoms with Crippen LogP contribution in [0.1, 0.15) is 89.0 Å². The highest BCUT2D eigenvalue weighted by molar-refractivity contribution is 5.64. The van der Waals surface area contributed by atoms with Crippen molar-refractivity contribution in [1.29, 1.82) is 0 Å². The summed E-state index contributed by atoms with van der Waals surface area (Å²) in [6.45, 7) is 23.3. The first-order chi connectivity index (χ1) is 9.18. The molecule has 0 bridgehead atoms. The SMILES string of the molecule is CC.CC.CC/C=C\C(C)(C)C.CCC(C)(C)C=NC. The highest BCUT2D eigenvalue weighted by atomic mass is 14.6. The Bertz CT molecular complexity index is 204. The van der Waals surface area contributed by atoms with Crippen LogP contribution in [0.25, 0.3) is 0 Å². The topological polar surface area (TPSA) is 12.4 Å². The molecule has 0 aliphatic rings. The number of nitrogens with zero attached hydrogens (tertiary/aromatic N) is 1. The van der Waals surface area contributed by atoms with E-state index in [1.54, 1.807) is 0 Å². The highest BCUT2D eigenvalue weighted by Gasteiger charge is 2.09.